The van der Waals surface area contributed by atoms with Gasteiger partial charge in [0.05, 0.1) is 18.5 Å². The zero-order valence-corrected chi connectivity index (χ0v) is 20.3. The van der Waals surface area contributed by atoms with E-state index in [2.05, 4.69) is 21.2 Å². The highest BCUT2D eigenvalue weighted by Crippen LogP contribution is 2.25. The van der Waals surface area contributed by atoms with Crippen molar-refractivity contribution < 1.29 is 17.9 Å². The summed E-state index contributed by atoms with van der Waals surface area (Å²) >= 11 is 3.42. The molecule has 0 aliphatic carbocycles. The van der Waals surface area contributed by atoms with Gasteiger partial charge in [0.2, 0.25) is 15.9 Å². The van der Waals surface area contributed by atoms with Crippen LogP contribution in [0.4, 0.5) is 5.69 Å². The van der Waals surface area contributed by atoms with Crippen LogP contribution in [0.25, 0.3) is 0 Å². The van der Waals surface area contributed by atoms with Gasteiger partial charge in [-0.05, 0) is 62.6 Å². The highest BCUT2D eigenvalue weighted by atomic mass is 79.9. The van der Waals surface area contributed by atoms with Crippen molar-refractivity contribution in [2.45, 2.75) is 33.6 Å². The van der Waals surface area contributed by atoms with Gasteiger partial charge in [-0.2, -0.15) is 0 Å². The number of nitrogens with zero attached hydrogens (tertiary/aromatic N) is 1. The maximum absolute atomic E-state index is 12.2. The second-order valence-corrected chi connectivity index (χ2v) is 10.1. The lowest BCUT2D eigenvalue weighted by atomic mass is 10.1. The number of anilines is 1. The van der Waals surface area contributed by atoms with Gasteiger partial charge in [0, 0.05) is 17.4 Å². The van der Waals surface area contributed by atoms with E-state index in [9.17, 15) is 13.2 Å². The lowest BCUT2D eigenvalue weighted by molar-refractivity contribution is -0.121. The molecular formula is C22H29BrN2O4S. The van der Waals surface area contributed by atoms with Crippen molar-refractivity contribution >= 4 is 37.5 Å². The minimum absolute atomic E-state index is 0.125. The number of sulfonamides is 1. The van der Waals surface area contributed by atoms with Crippen LogP contribution in [0.3, 0.4) is 0 Å². The number of aryl methyl sites for hydroxylation is 3. The standard InChI is InChI=1S/C22H29BrN2O4S/c1-16-7-10-21(18(3)14-16)29-13-11-24-22(26)6-5-12-25(30(4,27)28)19-8-9-20(23)17(2)15-19/h7-10,14-15H,5-6,11-13H2,1-4H3,(H,24,26). The maximum Gasteiger partial charge on any atom is 0.232 e. The van der Waals surface area contributed by atoms with E-state index >= 15 is 0 Å². The fourth-order valence-corrected chi connectivity index (χ4v) is 4.26. The highest BCUT2D eigenvalue weighted by Gasteiger charge is 2.18. The Morgan fingerprint density at radius 2 is 1.83 bits per heavy atom. The summed E-state index contributed by atoms with van der Waals surface area (Å²) in [7, 11) is -3.44. The Morgan fingerprint density at radius 1 is 1.10 bits per heavy atom. The molecule has 164 valence electrons. The van der Waals surface area contributed by atoms with E-state index < -0.39 is 10.0 Å². The molecule has 0 radical (unpaired) electrons. The summed E-state index contributed by atoms with van der Waals surface area (Å²) in [4.78, 5) is 12.1. The van der Waals surface area contributed by atoms with Crippen LogP contribution < -0.4 is 14.4 Å². The van der Waals surface area contributed by atoms with Crippen molar-refractivity contribution in [3.8, 4) is 5.75 Å². The first-order valence-corrected chi connectivity index (χ1v) is 12.4. The summed E-state index contributed by atoms with van der Waals surface area (Å²) < 4.78 is 32.3. The smallest absolute Gasteiger partial charge is 0.232 e. The van der Waals surface area contributed by atoms with E-state index in [1.54, 1.807) is 6.07 Å². The maximum atomic E-state index is 12.2. The summed E-state index contributed by atoms with van der Waals surface area (Å²) in [6.07, 6.45) is 1.84. The van der Waals surface area contributed by atoms with Crippen molar-refractivity contribution in [3.05, 3.63) is 57.6 Å². The van der Waals surface area contributed by atoms with Gasteiger partial charge >= 0.3 is 0 Å². The van der Waals surface area contributed by atoms with Crippen molar-refractivity contribution in [1.29, 1.82) is 0 Å². The van der Waals surface area contributed by atoms with Crippen LogP contribution in [0.15, 0.2) is 40.9 Å². The first-order chi connectivity index (χ1) is 14.1. The molecule has 1 N–H and O–H groups in total. The van der Waals surface area contributed by atoms with Gasteiger partial charge in [-0.1, -0.05) is 33.6 Å². The Morgan fingerprint density at radius 3 is 2.47 bits per heavy atom. The molecule has 0 fully saturated rings. The number of nitrogens with one attached hydrogen (secondary N) is 1. The lowest BCUT2D eigenvalue weighted by Crippen LogP contribution is -2.33. The molecule has 0 aromatic heterocycles. The number of hydrogen-bond donors (Lipinski definition) is 1. The number of carbonyl (C=O) groups excluding carboxylic acids is 1. The summed E-state index contributed by atoms with van der Waals surface area (Å²) in [6, 6.07) is 11.4. The van der Waals surface area contributed by atoms with Crippen LogP contribution in [0.1, 0.15) is 29.5 Å². The van der Waals surface area contributed by atoms with Gasteiger partial charge in [0.1, 0.15) is 12.4 Å². The minimum Gasteiger partial charge on any atom is -0.491 e. The molecule has 2 aromatic rings. The van der Waals surface area contributed by atoms with Gasteiger partial charge in [-0.15, -0.1) is 0 Å². The van der Waals surface area contributed by atoms with Crippen molar-refractivity contribution in [2.75, 3.05) is 30.3 Å². The third kappa shape index (κ3) is 7.32. The van der Waals surface area contributed by atoms with Crippen LogP contribution in [-0.2, 0) is 14.8 Å². The monoisotopic (exact) mass is 496 g/mol. The molecule has 0 aliphatic heterocycles. The fraction of sp³-hybridized carbons (Fsp3) is 0.409. The molecule has 0 atom stereocenters. The molecule has 30 heavy (non-hydrogen) atoms. The number of ether oxygens (including phenoxy) is 1. The SMILES string of the molecule is Cc1ccc(OCCNC(=O)CCCN(c2ccc(Br)c(C)c2)S(C)(=O)=O)c(C)c1. The molecule has 0 heterocycles. The number of rotatable bonds is 10. The number of carbonyl (C=O) groups is 1. The van der Waals surface area contributed by atoms with E-state index in [1.165, 1.54) is 16.1 Å². The first kappa shape index (κ1) is 24.2. The molecule has 2 rings (SSSR count). The summed E-state index contributed by atoms with van der Waals surface area (Å²) in [6.45, 7) is 6.94. The lowest BCUT2D eigenvalue weighted by Gasteiger charge is -2.23. The van der Waals surface area contributed by atoms with Gasteiger partial charge in [-0.3, -0.25) is 9.10 Å². The van der Waals surface area contributed by atoms with E-state index in [0.717, 1.165) is 21.3 Å². The van der Waals surface area contributed by atoms with E-state index in [1.807, 2.05) is 51.1 Å². The van der Waals surface area contributed by atoms with Crippen molar-refractivity contribution in [3.63, 3.8) is 0 Å². The second kappa shape index (κ2) is 10.8. The van der Waals surface area contributed by atoms with E-state index in [-0.39, 0.29) is 18.9 Å². The molecule has 8 heteroatoms. The molecule has 6 nitrogen and oxygen atoms in total. The van der Waals surface area contributed by atoms with Gasteiger partial charge in [0.15, 0.2) is 0 Å². The average Bonchev–Trinajstić information content (AvgIpc) is 2.65. The van der Waals surface area contributed by atoms with Crippen LogP contribution in [0.5, 0.6) is 5.75 Å². The Balaban J connectivity index is 1.79. The molecule has 0 spiro atoms. The topological polar surface area (TPSA) is 75.7 Å². The zero-order chi connectivity index (χ0) is 22.3. The van der Waals surface area contributed by atoms with Crippen molar-refractivity contribution in [2.24, 2.45) is 0 Å². The number of hydrogen-bond acceptors (Lipinski definition) is 4. The Labute approximate surface area is 187 Å². The first-order valence-electron chi connectivity index (χ1n) is 9.78. The molecule has 1 amide bonds. The number of amides is 1. The highest BCUT2D eigenvalue weighted by molar-refractivity contribution is 9.10. The minimum atomic E-state index is -3.44. The molecule has 0 aliphatic rings. The quantitative estimate of drug-likeness (QED) is 0.502. The molecule has 0 bridgehead atoms. The van der Waals surface area contributed by atoms with Gasteiger partial charge in [-0.25, -0.2) is 8.42 Å². The zero-order valence-electron chi connectivity index (χ0n) is 17.9. The number of halogens is 1. The largest absolute Gasteiger partial charge is 0.491 e. The van der Waals surface area contributed by atoms with Crippen LogP contribution in [0, 0.1) is 20.8 Å². The third-order valence-electron chi connectivity index (χ3n) is 4.61. The van der Waals surface area contributed by atoms with E-state index in [4.69, 9.17) is 4.74 Å². The van der Waals surface area contributed by atoms with Crippen molar-refractivity contribution in [1.82, 2.24) is 5.32 Å². The molecule has 0 unspecified atom stereocenters. The van der Waals surface area contributed by atoms with E-state index in [0.29, 0.717) is 25.3 Å². The predicted octanol–water partition coefficient (Wildman–Crippen LogP) is 4.12. The Hall–Kier alpha value is -2.06. The van der Waals surface area contributed by atoms with Gasteiger partial charge in [0.25, 0.3) is 0 Å². The normalized spacial score (nSPS) is 11.2. The Bertz CT molecular complexity index is 993. The molecule has 2 aromatic carbocycles. The summed E-state index contributed by atoms with van der Waals surface area (Å²) in [5, 5.41) is 2.81. The number of benzene rings is 2. The van der Waals surface area contributed by atoms with Gasteiger partial charge < -0.3 is 10.1 Å². The van der Waals surface area contributed by atoms with Crippen LogP contribution >= 0.6 is 15.9 Å². The Kier molecular flexibility index (Phi) is 8.73. The second-order valence-electron chi connectivity index (χ2n) is 7.34. The molecule has 0 saturated heterocycles. The molecular weight excluding hydrogens is 468 g/mol. The van der Waals surface area contributed by atoms with Crippen LogP contribution in [0.2, 0.25) is 0 Å². The average molecular weight is 497 g/mol. The summed E-state index contributed by atoms with van der Waals surface area (Å²) in [5.41, 5.74) is 3.78. The molecule has 0 saturated carbocycles. The predicted molar refractivity (Wildman–Crippen MR) is 125 cm³/mol. The fourth-order valence-electron chi connectivity index (χ4n) is 3.05. The summed E-state index contributed by atoms with van der Waals surface area (Å²) in [5.74, 6) is 0.683. The van der Waals surface area contributed by atoms with Crippen LogP contribution in [-0.4, -0.2) is 40.3 Å². The third-order valence-corrected chi connectivity index (χ3v) is 6.69.